The van der Waals surface area contributed by atoms with Crippen LogP contribution < -0.4 is 10.6 Å². The number of fused-ring (bicyclic) bond motifs is 2. The van der Waals surface area contributed by atoms with E-state index < -0.39 is 0 Å². The average Bonchev–Trinajstić information content (AvgIpc) is 3.30. The highest BCUT2D eigenvalue weighted by Gasteiger charge is 2.40. The molecular formula is C17H21N5O. The van der Waals surface area contributed by atoms with E-state index in [9.17, 15) is 4.79 Å². The van der Waals surface area contributed by atoms with E-state index in [1.165, 1.54) is 19.3 Å². The Morgan fingerprint density at radius 2 is 2.26 bits per heavy atom. The smallest absolute Gasteiger partial charge is 0.315 e. The Labute approximate surface area is 135 Å². The number of nitrogens with zero attached hydrogens (tertiary/aromatic N) is 3. The standard InChI is InChI=1S/C17H21N5O/c23-17(21-15-9-12-2-3-14(15)8-12)19-11-13-4-6-18-16(10-13)22-7-1-5-20-22/h1,4-7,10,12,14-15H,2-3,8-9,11H2,(H2,19,21,23)/t12-,14+,15+/m1/s1. The number of pyridine rings is 1. The molecule has 2 saturated carbocycles. The van der Waals surface area contributed by atoms with Crippen LogP contribution in [-0.2, 0) is 6.54 Å². The lowest BCUT2D eigenvalue weighted by Gasteiger charge is -2.23. The number of urea groups is 1. The van der Waals surface area contributed by atoms with Crippen LogP contribution in [0.25, 0.3) is 5.82 Å². The zero-order chi connectivity index (χ0) is 15.6. The van der Waals surface area contributed by atoms with Crippen LogP contribution in [0.5, 0.6) is 0 Å². The van der Waals surface area contributed by atoms with Gasteiger partial charge < -0.3 is 10.6 Å². The molecule has 2 aliphatic rings. The molecule has 120 valence electrons. The Morgan fingerprint density at radius 1 is 1.30 bits per heavy atom. The fourth-order valence-electron chi connectivity index (χ4n) is 3.92. The number of carbonyl (C=O) groups is 1. The van der Waals surface area contributed by atoms with Gasteiger partial charge in [0.2, 0.25) is 0 Å². The number of amides is 2. The van der Waals surface area contributed by atoms with Crippen molar-refractivity contribution in [2.45, 2.75) is 38.3 Å². The van der Waals surface area contributed by atoms with Gasteiger partial charge in [0.05, 0.1) is 0 Å². The molecule has 0 aliphatic heterocycles. The molecule has 4 rings (SSSR count). The van der Waals surface area contributed by atoms with Gasteiger partial charge in [-0.3, -0.25) is 0 Å². The van der Waals surface area contributed by atoms with E-state index in [1.807, 2.05) is 24.4 Å². The van der Waals surface area contributed by atoms with E-state index in [0.717, 1.165) is 23.7 Å². The summed E-state index contributed by atoms with van der Waals surface area (Å²) in [6, 6.07) is 6.00. The molecule has 6 nitrogen and oxygen atoms in total. The van der Waals surface area contributed by atoms with Crippen LogP contribution in [-0.4, -0.2) is 26.8 Å². The fraction of sp³-hybridized carbons (Fsp3) is 0.471. The first kappa shape index (κ1) is 14.2. The lowest BCUT2D eigenvalue weighted by Crippen LogP contribution is -2.44. The normalized spacial score (nSPS) is 25.5. The SMILES string of the molecule is O=C(NCc1ccnc(-n2cccn2)c1)N[C@H]1C[C@@H]2CC[C@H]1C2. The highest BCUT2D eigenvalue weighted by Crippen LogP contribution is 2.44. The van der Waals surface area contributed by atoms with Gasteiger partial charge in [0.15, 0.2) is 5.82 Å². The third kappa shape index (κ3) is 3.06. The Morgan fingerprint density at radius 3 is 3.00 bits per heavy atom. The minimum atomic E-state index is -0.0694. The van der Waals surface area contributed by atoms with Gasteiger partial charge in [-0.25, -0.2) is 14.5 Å². The maximum atomic E-state index is 12.1. The molecule has 2 aliphatic carbocycles. The third-order valence-corrected chi connectivity index (χ3v) is 5.06. The predicted molar refractivity (Wildman–Crippen MR) is 86.0 cm³/mol. The molecule has 0 saturated heterocycles. The summed E-state index contributed by atoms with van der Waals surface area (Å²) in [5.41, 5.74) is 1.01. The van der Waals surface area contributed by atoms with Gasteiger partial charge in [-0.05, 0) is 54.9 Å². The van der Waals surface area contributed by atoms with Gasteiger partial charge in [0.1, 0.15) is 0 Å². The molecule has 6 heteroatoms. The molecule has 2 fully saturated rings. The minimum absolute atomic E-state index is 0.0694. The van der Waals surface area contributed by atoms with Crippen LogP contribution in [0.4, 0.5) is 4.79 Å². The number of hydrogen-bond acceptors (Lipinski definition) is 3. The second-order valence-corrected chi connectivity index (χ2v) is 6.58. The van der Waals surface area contributed by atoms with Crippen molar-refractivity contribution in [1.29, 1.82) is 0 Å². The van der Waals surface area contributed by atoms with Crippen molar-refractivity contribution >= 4 is 6.03 Å². The van der Waals surface area contributed by atoms with Gasteiger partial charge in [-0.1, -0.05) is 6.42 Å². The Kier molecular flexibility index (Phi) is 3.73. The number of rotatable bonds is 4. The van der Waals surface area contributed by atoms with Gasteiger partial charge in [0, 0.05) is 31.2 Å². The van der Waals surface area contributed by atoms with Crippen molar-refractivity contribution in [2.24, 2.45) is 11.8 Å². The molecule has 3 atom stereocenters. The molecule has 0 unspecified atom stereocenters. The number of nitrogens with one attached hydrogen (secondary N) is 2. The number of aromatic nitrogens is 3. The maximum Gasteiger partial charge on any atom is 0.315 e. The summed E-state index contributed by atoms with van der Waals surface area (Å²) in [6.07, 6.45) is 10.4. The quantitative estimate of drug-likeness (QED) is 0.909. The summed E-state index contributed by atoms with van der Waals surface area (Å²) < 4.78 is 1.71. The molecular weight excluding hydrogens is 290 g/mol. The summed E-state index contributed by atoms with van der Waals surface area (Å²) in [6.45, 7) is 0.490. The molecule has 2 amide bonds. The van der Waals surface area contributed by atoms with Crippen molar-refractivity contribution < 1.29 is 4.79 Å². The van der Waals surface area contributed by atoms with E-state index in [-0.39, 0.29) is 6.03 Å². The van der Waals surface area contributed by atoms with Crippen molar-refractivity contribution in [2.75, 3.05) is 0 Å². The fourth-order valence-corrected chi connectivity index (χ4v) is 3.92. The van der Waals surface area contributed by atoms with Gasteiger partial charge >= 0.3 is 6.03 Å². The molecule has 2 bridgehead atoms. The molecule has 0 aromatic carbocycles. The molecule has 0 spiro atoms. The lowest BCUT2D eigenvalue weighted by molar-refractivity contribution is 0.230. The van der Waals surface area contributed by atoms with Gasteiger partial charge in [-0.2, -0.15) is 5.10 Å². The summed E-state index contributed by atoms with van der Waals surface area (Å²) in [5.74, 6) is 2.28. The molecule has 2 N–H and O–H groups in total. The third-order valence-electron chi connectivity index (χ3n) is 5.06. The highest BCUT2D eigenvalue weighted by atomic mass is 16.2. The predicted octanol–water partition coefficient (Wildman–Crippen LogP) is 2.26. The van der Waals surface area contributed by atoms with Crippen LogP contribution in [0.1, 0.15) is 31.2 Å². The van der Waals surface area contributed by atoms with Crippen molar-refractivity contribution in [1.82, 2.24) is 25.4 Å². The monoisotopic (exact) mass is 311 g/mol. The average molecular weight is 311 g/mol. The molecule has 23 heavy (non-hydrogen) atoms. The van der Waals surface area contributed by atoms with Crippen LogP contribution in [0.3, 0.4) is 0 Å². The van der Waals surface area contributed by atoms with Crippen molar-refractivity contribution in [3.8, 4) is 5.82 Å². The number of carbonyl (C=O) groups excluding carboxylic acids is 1. The molecule has 2 aromatic heterocycles. The van der Waals surface area contributed by atoms with E-state index in [2.05, 4.69) is 20.7 Å². The zero-order valence-electron chi connectivity index (χ0n) is 13.0. The van der Waals surface area contributed by atoms with E-state index in [0.29, 0.717) is 18.5 Å². The zero-order valence-corrected chi connectivity index (χ0v) is 13.0. The molecule has 0 radical (unpaired) electrons. The lowest BCUT2D eigenvalue weighted by atomic mass is 9.95. The summed E-state index contributed by atoms with van der Waals surface area (Å²) >= 11 is 0. The van der Waals surface area contributed by atoms with E-state index >= 15 is 0 Å². The Hall–Kier alpha value is -2.37. The first-order chi connectivity index (χ1) is 11.3. The van der Waals surface area contributed by atoms with Crippen LogP contribution in [0.2, 0.25) is 0 Å². The second-order valence-electron chi connectivity index (χ2n) is 6.58. The minimum Gasteiger partial charge on any atom is -0.335 e. The van der Waals surface area contributed by atoms with Gasteiger partial charge in [-0.15, -0.1) is 0 Å². The van der Waals surface area contributed by atoms with Crippen LogP contribution in [0.15, 0.2) is 36.8 Å². The topological polar surface area (TPSA) is 71.8 Å². The summed E-state index contributed by atoms with van der Waals surface area (Å²) in [7, 11) is 0. The van der Waals surface area contributed by atoms with Gasteiger partial charge in [0.25, 0.3) is 0 Å². The van der Waals surface area contributed by atoms with Crippen LogP contribution in [0, 0.1) is 11.8 Å². The van der Waals surface area contributed by atoms with E-state index in [1.54, 1.807) is 17.1 Å². The Balaban J connectivity index is 1.32. The Bertz CT molecular complexity index is 684. The van der Waals surface area contributed by atoms with Crippen molar-refractivity contribution in [3.63, 3.8) is 0 Å². The first-order valence-corrected chi connectivity index (χ1v) is 8.27. The van der Waals surface area contributed by atoms with E-state index in [4.69, 9.17) is 0 Å². The maximum absolute atomic E-state index is 12.1. The highest BCUT2D eigenvalue weighted by molar-refractivity contribution is 5.74. The summed E-state index contributed by atoms with van der Waals surface area (Å²) in [4.78, 5) is 16.4. The second kappa shape index (κ2) is 6.02. The van der Waals surface area contributed by atoms with Crippen molar-refractivity contribution in [3.05, 3.63) is 42.4 Å². The first-order valence-electron chi connectivity index (χ1n) is 8.27. The molecule has 2 heterocycles. The molecule has 2 aromatic rings. The number of hydrogen-bond donors (Lipinski definition) is 2. The van der Waals surface area contributed by atoms with Crippen LogP contribution >= 0.6 is 0 Å². The summed E-state index contributed by atoms with van der Waals surface area (Å²) in [5, 5.41) is 10.3. The largest absolute Gasteiger partial charge is 0.335 e.